The van der Waals surface area contributed by atoms with Crippen LogP contribution in [0.1, 0.15) is 51.2 Å². The van der Waals surface area contributed by atoms with Crippen LogP contribution in [0.3, 0.4) is 0 Å². The smallest absolute Gasteiger partial charge is 0.254 e. The standard InChI is InChI=1S/C23H25N5O2/c1-13-9-14(2)28(26-13)18-6-4-5-16(10-18)23(30)27-11-17-7-8-19-21(20(17)12-27)24-15(3)25-22(19)29/h4-6,9-10,17,20H,7-8,11-12H2,1-3H3,(H,24,25,29)/t17-,20+/m1/s1. The van der Waals surface area contributed by atoms with E-state index in [1.165, 1.54) is 0 Å². The van der Waals surface area contributed by atoms with Gasteiger partial charge in [-0.05, 0) is 63.8 Å². The van der Waals surface area contributed by atoms with Gasteiger partial charge in [-0.3, -0.25) is 9.59 Å². The Balaban J connectivity index is 1.43. The number of nitrogens with one attached hydrogen (secondary N) is 1. The Bertz CT molecular complexity index is 1210. The zero-order valence-electron chi connectivity index (χ0n) is 17.5. The molecule has 1 aliphatic heterocycles. The minimum absolute atomic E-state index is 0.0240. The summed E-state index contributed by atoms with van der Waals surface area (Å²) in [6, 6.07) is 9.66. The summed E-state index contributed by atoms with van der Waals surface area (Å²) in [6.45, 7) is 7.10. The van der Waals surface area contributed by atoms with Crippen LogP contribution in [0.5, 0.6) is 0 Å². The summed E-state index contributed by atoms with van der Waals surface area (Å²) < 4.78 is 1.87. The van der Waals surface area contributed by atoms with Gasteiger partial charge >= 0.3 is 0 Å². The molecule has 3 aromatic rings. The number of amides is 1. The highest BCUT2D eigenvalue weighted by atomic mass is 16.2. The van der Waals surface area contributed by atoms with Gasteiger partial charge in [0.15, 0.2) is 0 Å². The van der Waals surface area contributed by atoms with Crippen molar-refractivity contribution in [1.29, 1.82) is 0 Å². The van der Waals surface area contributed by atoms with Crippen molar-refractivity contribution in [2.24, 2.45) is 5.92 Å². The Morgan fingerprint density at radius 1 is 1.17 bits per heavy atom. The SMILES string of the molecule is Cc1cc(C)n(-c2cccc(C(=O)N3C[C@H]4CCc5c(nc(C)[nH]c5=O)[C@H]4C3)c2)n1. The summed E-state index contributed by atoms with van der Waals surface area (Å²) in [5, 5.41) is 4.53. The summed E-state index contributed by atoms with van der Waals surface area (Å²) in [4.78, 5) is 35.0. The maximum Gasteiger partial charge on any atom is 0.254 e. The zero-order chi connectivity index (χ0) is 21.0. The fraction of sp³-hybridized carbons (Fsp3) is 0.391. The second-order valence-electron chi connectivity index (χ2n) is 8.52. The summed E-state index contributed by atoms with van der Waals surface area (Å²) in [5.41, 5.74) is 5.18. The summed E-state index contributed by atoms with van der Waals surface area (Å²) in [5.74, 6) is 1.16. The molecule has 0 spiro atoms. The molecule has 7 nitrogen and oxygen atoms in total. The van der Waals surface area contributed by atoms with E-state index in [1.807, 2.05) is 60.7 Å². The molecular weight excluding hydrogens is 378 g/mol. The molecule has 1 N–H and O–H groups in total. The molecule has 0 saturated carbocycles. The number of likely N-dealkylation sites (tertiary alicyclic amines) is 1. The first-order valence-electron chi connectivity index (χ1n) is 10.4. The van der Waals surface area contributed by atoms with E-state index in [1.54, 1.807) is 0 Å². The average molecular weight is 403 g/mol. The molecule has 1 fully saturated rings. The lowest BCUT2D eigenvalue weighted by Crippen LogP contribution is -2.29. The average Bonchev–Trinajstić information content (AvgIpc) is 3.30. The number of carbonyl (C=O) groups is 1. The molecule has 1 amide bonds. The van der Waals surface area contributed by atoms with Crippen molar-refractivity contribution < 1.29 is 4.79 Å². The van der Waals surface area contributed by atoms with Gasteiger partial charge in [0.1, 0.15) is 5.82 Å². The maximum absolute atomic E-state index is 13.3. The lowest BCUT2D eigenvalue weighted by atomic mass is 9.80. The minimum Gasteiger partial charge on any atom is -0.338 e. The van der Waals surface area contributed by atoms with Crippen molar-refractivity contribution in [1.82, 2.24) is 24.6 Å². The minimum atomic E-state index is -0.0293. The number of aromatic nitrogens is 4. The Morgan fingerprint density at radius 2 is 2.00 bits per heavy atom. The number of hydrogen-bond donors (Lipinski definition) is 1. The Kier molecular flexibility index (Phi) is 4.34. The lowest BCUT2D eigenvalue weighted by molar-refractivity contribution is 0.0785. The van der Waals surface area contributed by atoms with E-state index in [9.17, 15) is 9.59 Å². The van der Waals surface area contributed by atoms with Crippen LogP contribution in [0.15, 0.2) is 35.1 Å². The molecule has 2 aromatic heterocycles. The predicted octanol–water partition coefficient (Wildman–Crippen LogP) is 2.68. The lowest BCUT2D eigenvalue weighted by Gasteiger charge is -2.25. The van der Waals surface area contributed by atoms with Crippen LogP contribution in [0.4, 0.5) is 0 Å². The number of fused-ring (bicyclic) bond motifs is 3. The van der Waals surface area contributed by atoms with E-state index in [4.69, 9.17) is 0 Å². The van der Waals surface area contributed by atoms with E-state index in [0.29, 0.717) is 30.4 Å². The first-order valence-corrected chi connectivity index (χ1v) is 10.4. The van der Waals surface area contributed by atoms with Crippen LogP contribution < -0.4 is 5.56 Å². The molecule has 0 radical (unpaired) electrons. The summed E-state index contributed by atoms with van der Waals surface area (Å²) >= 11 is 0. The van der Waals surface area contributed by atoms with Crippen LogP contribution >= 0.6 is 0 Å². The third kappa shape index (κ3) is 3.05. The van der Waals surface area contributed by atoms with Crippen molar-refractivity contribution in [3.05, 3.63) is 74.7 Å². The Labute approximate surface area is 174 Å². The number of aromatic amines is 1. The van der Waals surface area contributed by atoms with Crippen LogP contribution in [0, 0.1) is 26.7 Å². The van der Waals surface area contributed by atoms with Crippen LogP contribution in [0.2, 0.25) is 0 Å². The molecule has 5 rings (SSSR count). The third-order valence-corrected chi connectivity index (χ3v) is 6.36. The van der Waals surface area contributed by atoms with Gasteiger partial charge in [0.25, 0.3) is 11.5 Å². The largest absolute Gasteiger partial charge is 0.338 e. The van der Waals surface area contributed by atoms with Gasteiger partial charge in [0.2, 0.25) is 0 Å². The molecule has 2 aliphatic rings. The molecule has 3 heterocycles. The van der Waals surface area contributed by atoms with Crippen molar-refractivity contribution in [3.8, 4) is 5.69 Å². The molecule has 1 aromatic carbocycles. The monoisotopic (exact) mass is 403 g/mol. The number of carbonyl (C=O) groups excluding carboxylic acids is 1. The van der Waals surface area contributed by atoms with Gasteiger partial charge in [-0.25, -0.2) is 9.67 Å². The van der Waals surface area contributed by atoms with Crippen molar-refractivity contribution in [2.75, 3.05) is 13.1 Å². The third-order valence-electron chi connectivity index (χ3n) is 6.36. The zero-order valence-corrected chi connectivity index (χ0v) is 17.5. The maximum atomic E-state index is 13.3. The van der Waals surface area contributed by atoms with Crippen LogP contribution in [-0.4, -0.2) is 43.6 Å². The van der Waals surface area contributed by atoms with Crippen LogP contribution in [0.25, 0.3) is 5.69 Å². The van der Waals surface area contributed by atoms with E-state index >= 15 is 0 Å². The first-order chi connectivity index (χ1) is 14.4. The topological polar surface area (TPSA) is 83.9 Å². The van der Waals surface area contributed by atoms with E-state index in [0.717, 1.165) is 41.2 Å². The number of hydrogen-bond acceptors (Lipinski definition) is 4. The Hall–Kier alpha value is -3.22. The molecule has 0 bridgehead atoms. The number of aryl methyl sites for hydroxylation is 3. The van der Waals surface area contributed by atoms with Gasteiger partial charge < -0.3 is 9.88 Å². The molecule has 30 heavy (non-hydrogen) atoms. The molecule has 2 atom stereocenters. The van der Waals surface area contributed by atoms with E-state index < -0.39 is 0 Å². The van der Waals surface area contributed by atoms with Gasteiger partial charge in [0, 0.05) is 35.8 Å². The molecule has 0 unspecified atom stereocenters. The molecule has 1 aliphatic carbocycles. The van der Waals surface area contributed by atoms with Crippen molar-refractivity contribution in [3.63, 3.8) is 0 Å². The van der Waals surface area contributed by atoms with Gasteiger partial charge in [-0.2, -0.15) is 5.10 Å². The second kappa shape index (κ2) is 6.93. The van der Waals surface area contributed by atoms with Gasteiger partial charge in [-0.1, -0.05) is 6.07 Å². The molecule has 7 heteroatoms. The highest BCUT2D eigenvalue weighted by molar-refractivity contribution is 5.95. The molecule has 154 valence electrons. The number of rotatable bonds is 2. The predicted molar refractivity (Wildman–Crippen MR) is 113 cm³/mol. The normalized spacial score (nSPS) is 20.2. The fourth-order valence-corrected chi connectivity index (χ4v) is 4.99. The van der Waals surface area contributed by atoms with Crippen molar-refractivity contribution in [2.45, 2.75) is 39.5 Å². The Morgan fingerprint density at radius 3 is 2.77 bits per heavy atom. The van der Waals surface area contributed by atoms with Crippen LogP contribution in [-0.2, 0) is 6.42 Å². The number of benzene rings is 1. The second-order valence-corrected chi connectivity index (χ2v) is 8.52. The highest BCUT2D eigenvalue weighted by Crippen LogP contribution is 2.39. The quantitative estimate of drug-likeness (QED) is 0.713. The summed E-state index contributed by atoms with van der Waals surface area (Å²) in [6.07, 6.45) is 1.65. The fourth-order valence-electron chi connectivity index (χ4n) is 4.99. The first kappa shape index (κ1) is 18.8. The molecule has 1 saturated heterocycles. The highest BCUT2D eigenvalue weighted by Gasteiger charge is 2.41. The van der Waals surface area contributed by atoms with Crippen molar-refractivity contribution >= 4 is 5.91 Å². The van der Waals surface area contributed by atoms with Gasteiger partial charge in [-0.15, -0.1) is 0 Å². The van der Waals surface area contributed by atoms with E-state index in [2.05, 4.69) is 15.1 Å². The number of nitrogens with zero attached hydrogens (tertiary/aromatic N) is 4. The van der Waals surface area contributed by atoms with E-state index in [-0.39, 0.29) is 17.4 Å². The van der Waals surface area contributed by atoms with Gasteiger partial charge in [0.05, 0.1) is 17.1 Å². The molecular formula is C23H25N5O2. The summed E-state index contributed by atoms with van der Waals surface area (Å²) in [7, 11) is 0. The number of H-pyrrole nitrogens is 1.